The molecule has 102 valence electrons. The van der Waals surface area contributed by atoms with E-state index in [0.29, 0.717) is 0 Å². The molecule has 1 aromatic heterocycles. The Labute approximate surface area is 135 Å². The van der Waals surface area contributed by atoms with Gasteiger partial charge in [-0.15, -0.1) is 0 Å². The quantitative estimate of drug-likeness (QED) is 0.702. The zero-order valence-electron chi connectivity index (χ0n) is 11.3. The molecule has 0 aliphatic heterocycles. The van der Waals surface area contributed by atoms with Gasteiger partial charge in [0.05, 0.1) is 6.04 Å². The molecule has 1 N–H and O–H groups in total. The van der Waals surface area contributed by atoms with Crippen LogP contribution in [0, 0.1) is 13.8 Å². The SMILES string of the molecule is CCNC(c1cc(C)c(Br)c(C)c1)c1cscc1Br. The lowest BCUT2D eigenvalue weighted by Gasteiger charge is -2.20. The Bertz CT molecular complexity index is 554. The van der Waals surface area contributed by atoms with Gasteiger partial charge in [-0.1, -0.05) is 35.0 Å². The summed E-state index contributed by atoms with van der Waals surface area (Å²) in [4.78, 5) is 0. The lowest BCUT2D eigenvalue weighted by Crippen LogP contribution is -2.22. The molecule has 0 radical (unpaired) electrons. The van der Waals surface area contributed by atoms with Gasteiger partial charge in [0.25, 0.3) is 0 Å². The largest absolute Gasteiger partial charge is 0.306 e. The van der Waals surface area contributed by atoms with Crippen molar-refractivity contribution in [2.24, 2.45) is 0 Å². The van der Waals surface area contributed by atoms with Crippen molar-refractivity contribution in [2.75, 3.05) is 6.54 Å². The molecule has 0 saturated carbocycles. The van der Waals surface area contributed by atoms with Crippen LogP contribution in [0.4, 0.5) is 0 Å². The summed E-state index contributed by atoms with van der Waals surface area (Å²) in [7, 11) is 0. The van der Waals surface area contributed by atoms with Crippen LogP contribution < -0.4 is 5.32 Å². The molecule has 1 heterocycles. The summed E-state index contributed by atoms with van der Waals surface area (Å²) in [5, 5.41) is 7.93. The highest BCUT2D eigenvalue weighted by atomic mass is 79.9. The first-order valence-electron chi connectivity index (χ1n) is 6.26. The van der Waals surface area contributed by atoms with Crippen LogP contribution in [0.25, 0.3) is 0 Å². The second-order valence-corrected chi connectivity index (χ2v) is 7.03. The summed E-state index contributed by atoms with van der Waals surface area (Å²) in [6, 6.07) is 4.76. The average molecular weight is 403 g/mol. The maximum Gasteiger partial charge on any atom is 0.0596 e. The van der Waals surface area contributed by atoms with Crippen LogP contribution >= 0.6 is 43.2 Å². The number of thiophene rings is 1. The standard InChI is InChI=1S/C15H17Br2NS/c1-4-18-15(12-7-19-8-13(12)16)11-5-9(2)14(17)10(3)6-11/h5-8,15,18H,4H2,1-3H3. The van der Waals surface area contributed by atoms with Crippen LogP contribution in [0.5, 0.6) is 0 Å². The minimum Gasteiger partial charge on any atom is -0.306 e. The Balaban J connectivity index is 2.48. The lowest BCUT2D eigenvalue weighted by atomic mass is 9.97. The van der Waals surface area contributed by atoms with Gasteiger partial charge >= 0.3 is 0 Å². The fraction of sp³-hybridized carbons (Fsp3) is 0.333. The van der Waals surface area contributed by atoms with Crippen molar-refractivity contribution in [1.29, 1.82) is 0 Å². The number of hydrogen-bond acceptors (Lipinski definition) is 2. The van der Waals surface area contributed by atoms with E-state index < -0.39 is 0 Å². The lowest BCUT2D eigenvalue weighted by molar-refractivity contribution is 0.629. The van der Waals surface area contributed by atoms with E-state index in [0.717, 1.165) is 6.54 Å². The highest BCUT2D eigenvalue weighted by Crippen LogP contribution is 2.34. The van der Waals surface area contributed by atoms with E-state index in [1.165, 1.54) is 31.2 Å². The topological polar surface area (TPSA) is 12.0 Å². The maximum atomic E-state index is 3.65. The third kappa shape index (κ3) is 3.30. The highest BCUT2D eigenvalue weighted by molar-refractivity contribution is 9.10. The molecule has 0 fully saturated rings. The molecule has 0 aliphatic rings. The maximum absolute atomic E-state index is 3.65. The monoisotopic (exact) mass is 401 g/mol. The second kappa shape index (κ2) is 6.53. The smallest absolute Gasteiger partial charge is 0.0596 e. The van der Waals surface area contributed by atoms with Crippen molar-refractivity contribution < 1.29 is 0 Å². The molecule has 0 spiro atoms. The predicted octanol–water partition coefficient (Wildman–Crippen LogP) is 5.59. The molecule has 0 amide bonds. The highest BCUT2D eigenvalue weighted by Gasteiger charge is 2.18. The van der Waals surface area contributed by atoms with Crippen molar-refractivity contribution >= 4 is 43.2 Å². The minimum atomic E-state index is 0.246. The third-order valence-corrected chi connectivity index (χ3v) is 6.16. The van der Waals surface area contributed by atoms with Gasteiger partial charge in [0.2, 0.25) is 0 Å². The van der Waals surface area contributed by atoms with E-state index in [4.69, 9.17) is 0 Å². The first-order chi connectivity index (χ1) is 9.04. The molecular weight excluding hydrogens is 386 g/mol. The van der Waals surface area contributed by atoms with Crippen molar-refractivity contribution in [2.45, 2.75) is 26.8 Å². The summed E-state index contributed by atoms with van der Waals surface area (Å²) in [5.74, 6) is 0. The van der Waals surface area contributed by atoms with Crippen LogP contribution in [0.1, 0.15) is 35.2 Å². The van der Waals surface area contributed by atoms with E-state index in [-0.39, 0.29) is 6.04 Å². The molecule has 0 bridgehead atoms. The number of rotatable bonds is 4. The van der Waals surface area contributed by atoms with Gasteiger partial charge in [-0.05, 0) is 64.0 Å². The third-order valence-electron chi connectivity index (χ3n) is 3.15. The molecule has 1 atom stereocenters. The molecular formula is C15H17Br2NS. The fourth-order valence-corrected chi connectivity index (χ4v) is 4.04. The Morgan fingerprint density at radius 3 is 2.26 bits per heavy atom. The normalized spacial score (nSPS) is 12.7. The van der Waals surface area contributed by atoms with Crippen molar-refractivity contribution in [3.8, 4) is 0 Å². The molecule has 1 nitrogen and oxygen atoms in total. The molecule has 2 rings (SSSR count). The number of nitrogens with one attached hydrogen (secondary N) is 1. The van der Waals surface area contributed by atoms with E-state index in [9.17, 15) is 0 Å². The Hall–Kier alpha value is -0.160. The number of benzene rings is 1. The van der Waals surface area contributed by atoms with Gasteiger partial charge in [-0.2, -0.15) is 11.3 Å². The van der Waals surface area contributed by atoms with Crippen LogP contribution in [-0.2, 0) is 0 Å². The molecule has 1 aromatic carbocycles. The first kappa shape index (κ1) is 15.2. The zero-order valence-corrected chi connectivity index (χ0v) is 15.2. The van der Waals surface area contributed by atoms with Crippen LogP contribution in [0.2, 0.25) is 0 Å². The van der Waals surface area contributed by atoms with E-state index in [1.807, 2.05) is 0 Å². The van der Waals surface area contributed by atoms with Crippen molar-refractivity contribution in [3.05, 3.63) is 54.1 Å². The van der Waals surface area contributed by atoms with Crippen LogP contribution in [0.3, 0.4) is 0 Å². The molecule has 0 saturated heterocycles. The molecule has 0 aliphatic carbocycles. The Morgan fingerprint density at radius 2 is 1.79 bits per heavy atom. The van der Waals surface area contributed by atoms with E-state index in [2.05, 4.69) is 80.8 Å². The van der Waals surface area contributed by atoms with Crippen LogP contribution in [0.15, 0.2) is 31.8 Å². The summed E-state index contributed by atoms with van der Waals surface area (Å²) in [5.41, 5.74) is 5.20. The number of hydrogen-bond donors (Lipinski definition) is 1. The minimum absolute atomic E-state index is 0.246. The number of halogens is 2. The summed E-state index contributed by atoms with van der Waals surface area (Å²) in [6.45, 7) is 7.38. The van der Waals surface area contributed by atoms with Crippen LogP contribution in [-0.4, -0.2) is 6.54 Å². The van der Waals surface area contributed by atoms with Gasteiger partial charge < -0.3 is 5.32 Å². The Kier molecular flexibility index (Phi) is 5.23. The summed E-state index contributed by atoms with van der Waals surface area (Å²) >= 11 is 9.01. The number of aryl methyl sites for hydroxylation is 2. The summed E-state index contributed by atoms with van der Waals surface area (Å²) in [6.07, 6.45) is 0. The second-order valence-electron chi connectivity index (χ2n) is 4.63. The predicted molar refractivity (Wildman–Crippen MR) is 91.2 cm³/mol. The van der Waals surface area contributed by atoms with Gasteiger partial charge in [0.1, 0.15) is 0 Å². The van der Waals surface area contributed by atoms with Gasteiger partial charge in [-0.25, -0.2) is 0 Å². The Morgan fingerprint density at radius 1 is 1.16 bits per heavy atom. The molecule has 2 aromatic rings. The van der Waals surface area contributed by atoms with Gasteiger partial charge in [0.15, 0.2) is 0 Å². The molecule has 4 heteroatoms. The summed E-state index contributed by atoms with van der Waals surface area (Å²) < 4.78 is 2.39. The first-order valence-corrected chi connectivity index (χ1v) is 8.79. The van der Waals surface area contributed by atoms with Crippen molar-refractivity contribution in [1.82, 2.24) is 5.32 Å². The fourth-order valence-electron chi connectivity index (χ4n) is 2.25. The van der Waals surface area contributed by atoms with Gasteiger partial charge in [0, 0.05) is 14.3 Å². The molecule has 1 unspecified atom stereocenters. The van der Waals surface area contributed by atoms with Crippen molar-refractivity contribution in [3.63, 3.8) is 0 Å². The van der Waals surface area contributed by atoms with Gasteiger partial charge in [-0.3, -0.25) is 0 Å². The average Bonchev–Trinajstić information content (AvgIpc) is 2.78. The zero-order chi connectivity index (χ0) is 14.0. The molecule has 19 heavy (non-hydrogen) atoms. The van der Waals surface area contributed by atoms with E-state index >= 15 is 0 Å². The van der Waals surface area contributed by atoms with E-state index in [1.54, 1.807) is 11.3 Å².